The van der Waals surface area contributed by atoms with Crippen LogP contribution in [-0.4, -0.2) is 25.1 Å². The van der Waals surface area contributed by atoms with Crippen LogP contribution in [0.5, 0.6) is 5.75 Å². The molecule has 0 aliphatic carbocycles. The van der Waals surface area contributed by atoms with Crippen molar-refractivity contribution in [2.45, 2.75) is 26.3 Å². The number of rotatable bonds is 3. The van der Waals surface area contributed by atoms with Crippen LogP contribution < -0.4 is 4.74 Å². The SMILES string of the molecule is COc1cccc(CN2CCC(C)(C#N)CC2)c1. The first-order valence-corrected chi connectivity index (χ1v) is 6.42. The fourth-order valence-corrected chi connectivity index (χ4v) is 2.35. The molecule has 0 unspecified atom stereocenters. The molecule has 1 aromatic carbocycles. The topological polar surface area (TPSA) is 36.3 Å². The molecule has 1 aliphatic heterocycles. The molecule has 0 amide bonds. The summed E-state index contributed by atoms with van der Waals surface area (Å²) in [5.41, 5.74) is 1.15. The first-order valence-electron chi connectivity index (χ1n) is 6.42. The van der Waals surface area contributed by atoms with Gasteiger partial charge in [-0.2, -0.15) is 5.26 Å². The minimum absolute atomic E-state index is 0.120. The van der Waals surface area contributed by atoms with E-state index in [0.29, 0.717) is 0 Å². The van der Waals surface area contributed by atoms with Gasteiger partial charge in [-0.3, -0.25) is 4.90 Å². The Labute approximate surface area is 109 Å². The molecule has 0 aromatic heterocycles. The molecule has 0 saturated carbocycles. The molecule has 96 valence electrons. The highest BCUT2D eigenvalue weighted by molar-refractivity contribution is 5.28. The number of nitriles is 1. The normalized spacial score (nSPS) is 19.2. The quantitative estimate of drug-likeness (QED) is 0.820. The Hall–Kier alpha value is -1.53. The van der Waals surface area contributed by atoms with Gasteiger partial charge in [0.1, 0.15) is 5.75 Å². The highest BCUT2D eigenvalue weighted by Gasteiger charge is 2.29. The van der Waals surface area contributed by atoms with Gasteiger partial charge in [0, 0.05) is 6.54 Å². The van der Waals surface area contributed by atoms with Crippen molar-refractivity contribution in [3.63, 3.8) is 0 Å². The molecule has 1 aliphatic rings. The highest BCUT2D eigenvalue weighted by atomic mass is 16.5. The maximum atomic E-state index is 9.11. The Bertz CT molecular complexity index is 442. The van der Waals surface area contributed by atoms with Crippen molar-refractivity contribution in [3.8, 4) is 11.8 Å². The van der Waals surface area contributed by atoms with Crippen LogP contribution in [0.4, 0.5) is 0 Å². The van der Waals surface area contributed by atoms with Gasteiger partial charge in [-0.15, -0.1) is 0 Å². The van der Waals surface area contributed by atoms with Gasteiger partial charge in [0.15, 0.2) is 0 Å². The third-order valence-electron chi connectivity index (χ3n) is 3.77. The molecule has 1 saturated heterocycles. The van der Waals surface area contributed by atoms with E-state index in [9.17, 15) is 0 Å². The van der Waals surface area contributed by atoms with Gasteiger partial charge in [-0.1, -0.05) is 12.1 Å². The first-order chi connectivity index (χ1) is 8.65. The summed E-state index contributed by atoms with van der Waals surface area (Å²) in [5, 5.41) is 9.11. The van der Waals surface area contributed by atoms with Crippen molar-refractivity contribution < 1.29 is 4.74 Å². The average molecular weight is 244 g/mol. The smallest absolute Gasteiger partial charge is 0.119 e. The summed E-state index contributed by atoms with van der Waals surface area (Å²) in [7, 11) is 1.69. The summed E-state index contributed by atoms with van der Waals surface area (Å²) in [4.78, 5) is 2.41. The maximum Gasteiger partial charge on any atom is 0.119 e. The predicted octanol–water partition coefficient (Wildman–Crippen LogP) is 2.82. The van der Waals surface area contributed by atoms with E-state index in [1.165, 1.54) is 5.56 Å². The lowest BCUT2D eigenvalue weighted by molar-refractivity contribution is 0.150. The molecule has 3 nitrogen and oxygen atoms in total. The van der Waals surface area contributed by atoms with E-state index in [1.54, 1.807) is 7.11 Å². The maximum absolute atomic E-state index is 9.11. The molecule has 2 rings (SSSR count). The van der Waals surface area contributed by atoms with E-state index >= 15 is 0 Å². The van der Waals surface area contributed by atoms with E-state index in [-0.39, 0.29) is 5.41 Å². The van der Waals surface area contributed by atoms with Crippen LogP contribution in [0, 0.1) is 16.7 Å². The van der Waals surface area contributed by atoms with Gasteiger partial charge in [-0.05, 0) is 50.6 Å². The largest absolute Gasteiger partial charge is 0.497 e. The molecule has 0 atom stereocenters. The fourth-order valence-electron chi connectivity index (χ4n) is 2.35. The van der Waals surface area contributed by atoms with E-state index in [4.69, 9.17) is 10.00 Å². The van der Waals surface area contributed by atoms with Gasteiger partial charge in [-0.25, -0.2) is 0 Å². The van der Waals surface area contributed by atoms with Gasteiger partial charge < -0.3 is 4.74 Å². The summed E-state index contributed by atoms with van der Waals surface area (Å²) < 4.78 is 5.23. The minimum Gasteiger partial charge on any atom is -0.497 e. The molecule has 18 heavy (non-hydrogen) atoms. The van der Waals surface area contributed by atoms with E-state index in [0.717, 1.165) is 38.2 Å². The number of likely N-dealkylation sites (tertiary alicyclic amines) is 1. The van der Waals surface area contributed by atoms with Crippen molar-refractivity contribution >= 4 is 0 Å². The minimum atomic E-state index is -0.120. The number of hydrogen-bond acceptors (Lipinski definition) is 3. The third-order valence-corrected chi connectivity index (χ3v) is 3.77. The second-order valence-electron chi connectivity index (χ2n) is 5.30. The fraction of sp³-hybridized carbons (Fsp3) is 0.533. The zero-order chi connectivity index (χ0) is 13.0. The van der Waals surface area contributed by atoms with Gasteiger partial charge in [0.05, 0.1) is 18.6 Å². The van der Waals surface area contributed by atoms with Crippen molar-refractivity contribution in [1.82, 2.24) is 4.90 Å². The van der Waals surface area contributed by atoms with Crippen molar-refractivity contribution in [3.05, 3.63) is 29.8 Å². The van der Waals surface area contributed by atoms with Crippen molar-refractivity contribution in [1.29, 1.82) is 5.26 Å². The number of benzene rings is 1. The van der Waals surface area contributed by atoms with Crippen LogP contribution in [0.1, 0.15) is 25.3 Å². The highest BCUT2D eigenvalue weighted by Crippen LogP contribution is 2.30. The van der Waals surface area contributed by atoms with E-state index < -0.39 is 0 Å². The third kappa shape index (κ3) is 3.02. The Morgan fingerprint density at radius 2 is 2.11 bits per heavy atom. The number of piperidine rings is 1. The Morgan fingerprint density at radius 1 is 1.39 bits per heavy atom. The van der Waals surface area contributed by atoms with Crippen molar-refractivity contribution in [2.24, 2.45) is 5.41 Å². The molecule has 0 N–H and O–H groups in total. The van der Waals surface area contributed by atoms with E-state index in [1.807, 2.05) is 12.1 Å². The van der Waals surface area contributed by atoms with Crippen LogP contribution in [0.2, 0.25) is 0 Å². The number of ether oxygens (including phenoxy) is 1. The van der Waals surface area contributed by atoms with Gasteiger partial charge >= 0.3 is 0 Å². The summed E-state index contributed by atoms with van der Waals surface area (Å²) in [5.74, 6) is 0.909. The molecular formula is C15H20N2O. The summed E-state index contributed by atoms with van der Waals surface area (Å²) in [6.45, 7) is 5.01. The molecule has 1 heterocycles. The van der Waals surface area contributed by atoms with Crippen LogP contribution >= 0.6 is 0 Å². The van der Waals surface area contributed by atoms with Crippen LogP contribution in [-0.2, 0) is 6.54 Å². The molecule has 0 spiro atoms. The number of nitrogens with zero attached hydrogens (tertiary/aromatic N) is 2. The Morgan fingerprint density at radius 3 is 2.72 bits per heavy atom. The lowest BCUT2D eigenvalue weighted by Crippen LogP contribution is -2.37. The predicted molar refractivity (Wildman–Crippen MR) is 71.2 cm³/mol. The average Bonchev–Trinajstić information content (AvgIpc) is 2.42. The second-order valence-corrected chi connectivity index (χ2v) is 5.30. The van der Waals surface area contributed by atoms with Gasteiger partial charge in [0.2, 0.25) is 0 Å². The summed E-state index contributed by atoms with van der Waals surface area (Å²) >= 11 is 0. The van der Waals surface area contributed by atoms with E-state index in [2.05, 4.69) is 30.0 Å². The Kier molecular flexibility index (Phi) is 3.88. The Balaban J connectivity index is 1.93. The molecular weight excluding hydrogens is 224 g/mol. The van der Waals surface area contributed by atoms with Crippen LogP contribution in [0.15, 0.2) is 24.3 Å². The molecule has 1 fully saturated rings. The zero-order valence-electron chi connectivity index (χ0n) is 11.1. The number of methoxy groups -OCH3 is 1. The first kappa shape index (κ1) is 12.9. The summed E-state index contributed by atoms with van der Waals surface area (Å²) in [6, 6.07) is 10.6. The molecule has 0 radical (unpaired) electrons. The molecule has 0 bridgehead atoms. The second kappa shape index (κ2) is 5.41. The van der Waals surface area contributed by atoms with Crippen LogP contribution in [0.3, 0.4) is 0 Å². The van der Waals surface area contributed by atoms with Crippen LogP contribution in [0.25, 0.3) is 0 Å². The standard InChI is InChI=1S/C15H20N2O/c1-15(12-16)6-8-17(9-7-15)11-13-4-3-5-14(10-13)18-2/h3-5,10H,6-9,11H2,1-2H3. The van der Waals surface area contributed by atoms with Crippen molar-refractivity contribution in [2.75, 3.05) is 20.2 Å². The number of hydrogen-bond donors (Lipinski definition) is 0. The zero-order valence-corrected chi connectivity index (χ0v) is 11.1. The monoisotopic (exact) mass is 244 g/mol. The molecule has 3 heteroatoms. The van der Waals surface area contributed by atoms with Gasteiger partial charge in [0.25, 0.3) is 0 Å². The summed E-state index contributed by atoms with van der Waals surface area (Å²) in [6.07, 6.45) is 1.93. The lowest BCUT2D eigenvalue weighted by Gasteiger charge is -2.34. The molecule has 1 aromatic rings. The lowest BCUT2D eigenvalue weighted by atomic mass is 9.82.